The topological polar surface area (TPSA) is 64.3 Å². The second kappa shape index (κ2) is 6.15. The van der Waals surface area contributed by atoms with Crippen LogP contribution in [0.2, 0.25) is 0 Å². The van der Waals surface area contributed by atoms with Gasteiger partial charge >= 0.3 is 0 Å². The molecule has 1 unspecified atom stereocenters. The standard InChI is InChI=1S/C11H14F2N2O2/c1-2-3-10(11(16)15-14)17-9-5-7(12)4-8(13)6-9/h4-6,10H,2-3,14H2,1H3,(H,15,16). The summed E-state index contributed by atoms with van der Waals surface area (Å²) in [5.41, 5.74) is 1.95. The van der Waals surface area contributed by atoms with Crippen LogP contribution in [0.5, 0.6) is 5.75 Å². The van der Waals surface area contributed by atoms with Crippen molar-refractivity contribution in [3.8, 4) is 5.75 Å². The Bertz CT molecular complexity index is 379. The molecule has 4 nitrogen and oxygen atoms in total. The summed E-state index contributed by atoms with van der Waals surface area (Å²) in [6.45, 7) is 1.85. The van der Waals surface area contributed by atoms with Crippen LogP contribution in [0.4, 0.5) is 8.78 Å². The fourth-order valence-electron chi connectivity index (χ4n) is 1.36. The summed E-state index contributed by atoms with van der Waals surface area (Å²) in [6.07, 6.45) is 0.225. The number of hydrogen-bond donors (Lipinski definition) is 2. The minimum absolute atomic E-state index is 0.0375. The Morgan fingerprint density at radius 1 is 1.41 bits per heavy atom. The molecule has 1 aromatic carbocycles. The van der Waals surface area contributed by atoms with E-state index in [0.29, 0.717) is 12.8 Å². The molecule has 0 aromatic heterocycles. The van der Waals surface area contributed by atoms with Crippen molar-refractivity contribution < 1.29 is 18.3 Å². The van der Waals surface area contributed by atoms with Crippen molar-refractivity contribution in [2.24, 2.45) is 5.84 Å². The quantitative estimate of drug-likeness (QED) is 0.468. The smallest absolute Gasteiger partial charge is 0.274 e. The molecule has 0 bridgehead atoms. The van der Waals surface area contributed by atoms with Gasteiger partial charge in [-0.3, -0.25) is 10.2 Å². The highest BCUT2D eigenvalue weighted by molar-refractivity contribution is 5.80. The van der Waals surface area contributed by atoms with Crippen molar-refractivity contribution in [3.63, 3.8) is 0 Å². The van der Waals surface area contributed by atoms with Crippen LogP contribution < -0.4 is 16.0 Å². The third-order valence-corrected chi connectivity index (χ3v) is 2.10. The first-order chi connectivity index (χ1) is 8.06. The highest BCUT2D eigenvalue weighted by Gasteiger charge is 2.18. The van der Waals surface area contributed by atoms with Crippen molar-refractivity contribution in [2.45, 2.75) is 25.9 Å². The van der Waals surface area contributed by atoms with Gasteiger partial charge in [0.1, 0.15) is 17.4 Å². The molecule has 94 valence electrons. The van der Waals surface area contributed by atoms with Gasteiger partial charge in [-0.15, -0.1) is 0 Å². The lowest BCUT2D eigenvalue weighted by Crippen LogP contribution is -2.42. The molecule has 1 rings (SSSR count). The summed E-state index contributed by atoms with van der Waals surface area (Å²) < 4.78 is 31.0. The zero-order valence-corrected chi connectivity index (χ0v) is 9.37. The predicted molar refractivity (Wildman–Crippen MR) is 58.0 cm³/mol. The van der Waals surface area contributed by atoms with Gasteiger partial charge in [-0.2, -0.15) is 0 Å². The summed E-state index contributed by atoms with van der Waals surface area (Å²) in [7, 11) is 0. The molecule has 1 amide bonds. The highest BCUT2D eigenvalue weighted by atomic mass is 19.1. The van der Waals surface area contributed by atoms with Crippen LogP contribution in [0, 0.1) is 11.6 Å². The summed E-state index contributed by atoms with van der Waals surface area (Å²) in [4.78, 5) is 11.3. The molecule has 1 atom stereocenters. The number of hydrogen-bond acceptors (Lipinski definition) is 3. The van der Waals surface area contributed by atoms with E-state index in [4.69, 9.17) is 10.6 Å². The van der Waals surface area contributed by atoms with Crippen LogP contribution in [0.3, 0.4) is 0 Å². The maximum Gasteiger partial charge on any atom is 0.274 e. The van der Waals surface area contributed by atoms with Crippen LogP contribution in [0.15, 0.2) is 18.2 Å². The first-order valence-corrected chi connectivity index (χ1v) is 5.20. The fraction of sp³-hybridized carbons (Fsp3) is 0.364. The number of benzene rings is 1. The predicted octanol–water partition coefficient (Wildman–Crippen LogP) is 1.50. The third-order valence-electron chi connectivity index (χ3n) is 2.10. The Balaban J connectivity index is 2.81. The van der Waals surface area contributed by atoms with E-state index < -0.39 is 23.6 Å². The maximum absolute atomic E-state index is 12.9. The number of carbonyl (C=O) groups excluding carboxylic acids is 1. The average molecular weight is 244 g/mol. The molecule has 0 radical (unpaired) electrons. The molecule has 0 fully saturated rings. The second-order valence-corrected chi connectivity index (χ2v) is 3.51. The minimum Gasteiger partial charge on any atom is -0.480 e. The summed E-state index contributed by atoms with van der Waals surface area (Å²) in [5.74, 6) is 2.90. The van der Waals surface area contributed by atoms with Crippen molar-refractivity contribution >= 4 is 5.91 Å². The minimum atomic E-state index is -0.855. The van der Waals surface area contributed by atoms with Gasteiger partial charge in [-0.05, 0) is 6.42 Å². The maximum atomic E-state index is 12.9. The molecule has 0 heterocycles. The second-order valence-electron chi connectivity index (χ2n) is 3.51. The number of hydrazine groups is 1. The zero-order valence-electron chi connectivity index (χ0n) is 9.37. The van der Waals surface area contributed by atoms with Gasteiger partial charge in [0.15, 0.2) is 6.10 Å². The van der Waals surface area contributed by atoms with Gasteiger partial charge in [0, 0.05) is 18.2 Å². The Kier molecular flexibility index (Phi) is 4.84. The van der Waals surface area contributed by atoms with Gasteiger partial charge in [0.2, 0.25) is 0 Å². The van der Waals surface area contributed by atoms with E-state index >= 15 is 0 Å². The Morgan fingerprint density at radius 3 is 2.47 bits per heavy atom. The summed E-state index contributed by atoms with van der Waals surface area (Å²) in [6, 6.07) is 2.75. The van der Waals surface area contributed by atoms with Gasteiger partial charge in [-0.1, -0.05) is 13.3 Å². The fourth-order valence-corrected chi connectivity index (χ4v) is 1.36. The lowest BCUT2D eigenvalue weighted by atomic mass is 10.2. The average Bonchev–Trinajstić information content (AvgIpc) is 2.26. The van der Waals surface area contributed by atoms with Gasteiger partial charge < -0.3 is 4.74 Å². The van der Waals surface area contributed by atoms with Crippen molar-refractivity contribution in [1.82, 2.24) is 5.43 Å². The summed E-state index contributed by atoms with van der Waals surface area (Å²) in [5, 5.41) is 0. The van der Waals surface area contributed by atoms with E-state index in [2.05, 4.69) is 0 Å². The number of amides is 1. The van der Waals surface area contributed by atoms with Crippen LogP contribution in [0.25, 0.3) is 0 Å². The third kappa shape index (κ3) is 3.99. The first-order valence-electron chi connectivity index (χ1n) is 5.20. The Hall–Kier alpha value is -1.69. The van der Waals surface area contributed by atoms with Crippen LogP contribution >= 0.6 is 0 Å². The van der Waals surface area contributed by atoms with E-state index in [1.54, 1.807) is 0 Å². The highest BCUT2D eigenvalue weighted by Crippen LogP contribution is 2.18. The largest absolute Gasteiger partial charge is 0.480 e. The molecule has 0 aliphatic carbocycles. The van der Waals surface area contributed by atoms with E-state index in [0.717, 1.165) is 18.2 Å². The Morgan fingerprint density at radius 2 is 2.00 bits per heavy atom. The molecule has 17 heavy (non-hydrogen) atoms. The molecule has 0 saturated heterocycles. The number of rotatable bonds is 5. The molecule has 3 N–H and O–H groups in total. The van der Waals surface area contributed by atoms with Crippen molar-refractivity contribution in [3.05, 3.63) is 29.8 Å². The molecule has 6 heteroatoms. The van der Waals surface area contributed by atoms with Gasteiger partial charge in [0.05, 0.1) is 0 Å². The lowest BCUT2D eigenvalue weighted by molar-refractivity contribution is -0.128. The van der Waals surface area contributed by atoms with Gasteiger partial charge in [0.25, 0.3) is 5.91 Å². The van der Waals surface area contributed by atoms with E-state index in [9.17, 15) is 13.6 Å². The summed E-state index contributed by atoms with van der Waals surface area (Å²) >= 11 is 0. The Labute approximate surface area is 97.7 Å². The molecular formula is C11H14F2N2O2. The van der Waals surface area contributed by atoms with Crippen LogP contribution in [0.1, 0.15) is 19.8 Å². The van der Waals surface area contributed by atoms with Crippen molar-refractivity contribution in [2.75, 3.05) is 0 Å². The van der Waals surface area contributed by atoms with Gasteiger partial charge in [-0.25, -0.2) is 14.6 Å². The molecular weight excluding hydrogens is 230 g/mol. The van der Waals surface area contributed by atoms with Crippen LogP contribution in [-0.2, 0) is 4.79 Å². The van der Waals surface area contributed by atoms with Crippen molar-refractivity contribution in [1.29, 1.82) is 0 Å². The number of ether oxygens (including phenoxy) is 1. The van der Waals surface area contributed by atoms with Crippen LogP contribution in [-0.4, -0.2) is 12.0 Å². The molecule has 0 saturated carbocycles. The first kappa shape index (κ1) is 13.4. The number of nitrogens with one attached hydrogen (secondary N) is 1. The molecule has 0 spiro atoms. The number of halogens is 2. The lowest BCUT2D eigenvalue weighted by Gasteiger charge is -2.16. The number of nitrogens with two attached hydrogens (primary N) is 1. The number of carbonyl (C=O) groups is 1. The molecule has 1 aromatic rings. The molecule has 0 aliphatic heterocycles. The van der Waals surface area contributed by atoms with E-state index in [1.807, 2.05) is 12.3 Å². The van der Waals surface area contributed by atoms with E-state index in [-0.39, 0.29) is 5.75 Å². The monoisotopic (exact) mass is 244 g/mol. The normalized spacial score (nSPS) is 12.0. The zero-order chi connectivity index (χ0) is 12.8. The SMILES string of the molecule is CCCC(Oc1cc(F)cc(F)c1)C(=O)NN. The van der Waals surface area contributed by atoms with E-state index in [1.165, 1.54) is 0 Å². The molecule has 0 aliphatic rings.